The third-order valence-corrected chi connectivity index (χ3v) is 3.44. The van der Waals surface area contributed by atoms with Crippen LogP contribution in [0.2, 0.25) is 5.15 Å². The number of hydrogen-bond donors (Lipinski definition) is 1. The molecule has 2 aromatic heterocycles. The molecule has 0 bridgehead atoms. The van der Waals surface area contributed by atoms with Gasteiger partial charge in [0.2, 0.25) is 0 Å². The summed E-state index contributed by atoms with van der Waals surface area (Å²) in [6, 6.07) is 14.0. The first kappa shape index (κ1) is 14.5. The van der Waals surface area contributed by atoms with E-state index in [1.807, 2.05) is 24.3 Å². The van der Waals surface area contributed by atoms with E-state index in [9.17, 15) is 0 Å². The first-order valence-corrected chi connectivity index (χ1v) is 7.32. The lowest BCUT2D eigenvalue weighted by molar-refractivity contribution is 0.874. The fraction of sp³-hybridized carbons (Fsp3) is 0.118. The molecule has 3 aromatic rings. The van der Waals surface area contributed by atoms with Crippen LogP contribution in [0.25, 0.3) is 0 Å². The summed E-state index contributed by atoms with van der Waals surface area (Å²) in [5, 5.41) is 3.71. The van der Waals surface area contributed by atoms with Crippen molar-refractivity contribution >= 4 is 17.4 Å². The largest absolute Gasteiger partial charge is 0.356 e. The fourth-order valence-corrected chi connectivity index (χ4v) is 2.43. The third-order valence-electron chi connectivity index (χ3n) is 3.26. The second-order valence-electron chi connectivity index (χ2n) is 4.97. The molecule has 3 rings (SSSR count). The number of aryl methyl sites for hydroxylation is 1. The van der Waals surface area contributed by atoms with Crippen LogP contribution in [0, 0.1) is 6.92 Å². The van der Waals surface area contributed by atoms with E-state index < -0.39 is 0 Å². The first-order valence-electron chi connectivity index (χ1n) is 6.94. The zero-order chi connectivity index (χ0) is 15.4. The molecule has 0 aliphatic heterocycles. The summed E-state index contributed by atoms with van der Waals surface area (Å²) in [5.74, 6) is 0.615. The minimum atomic E-state index is -0.117. The Morgan fingerprint density at radius 3 is 2.73 bits per heavy atom. The van der Waals surface area contributed by atoms with Gasteiger partial charge in [-0.15, -0.1) is 0 Å². The minimum absolute atomic E-state index is 0.117. The number of pyridine rings is 1. The van der Waals surface area contributed by atoms with Gasteiger partial charge in [-0.25, -0.2) is 4.98 Å². The van der Waals surface area contributed by atoms with Crippen molar-refractivity contribution in [1.82, 2.24) is 15.0 Å². The highest BCUT2D eigenvalue weighted by atomic mass is 35.5. The molecule has 0 aliphatic rings. The van der Waals surface area contributed by atoms with E-state index in [0.29, 0.717) is 11.0 Å². The Kier molecular flexibility index (Phi) is 4.30. The molecule has 0 radical (unpaired) electrons. The van der Waals surface area contributed by atoms with Crippen LogP contribution in [-0.2, 0) is 0 Å². The monoisotopic (exact) mass is 310 g/mol. The number of nitrogens with zero attached hydrogens (tertiary/aromatic N) is 3. The van der Waals surface area contributed by atoms with Gasteiger partial charge in [0.25, 0.3) is 0 Å². The van der Waals surface area contributed by atoms with Gasteiger partial charge in [-0.3, -0.25) is 9.97 Å². The minimum Gasteiger partial charge on any atom is -0.356 e. The number of benzene rings is 1. The van der Waals surface area contributed by atoms with Crippen LogP contribution in [0.1, 0.15) is 22.9 Å². The van der Waals surface area contributed by atoms with Gasteiger partial charge in [0, 0.05) is 6.20 Å². The summed E-state index contributed by atoms with van der Waals surface area (Å²) in [4.78, 5) is 12.8. The molecule has 4 nitrogen and oxygen atoms in total. The van der Waals surface area contributed by atoms with Gasteiger partial charge >= 0.3 is 0 Å². The molecule has 2 heterocycles. The highest BCUT2D eigenvalue weighted by Gasteiger charge is 2.16. The molecule has 5 heteroatoms. The predicted octanol–water partition coefficient (Wildman–Crippen LogP) is 4.03. The molecule has 0 fully saturated rings. The Hall–Kier alpha value is -2.46. The summed E-state index contributed by atoms with van der Waals surface area (Å²) < 4.78 is 0. The van der Waals surface area contributed by atoms with Gasteiger partial charge in [-0.2, -0.15) is 0 Å². The Bertz CT molecular complexity index is 761. The van der Waals surface area contributed by atoms with Crippen molar-refractivity contribution in [1.29, 1.82) is 0 Å². The van der Waals surface area contributed by atoms with Crippen molar-refractivity contribution in [2.24, 2.45) is 0 Å². The van der Waals surface area contributed by atoms with E-state index in [0.717, 1.165) is 11.3 Å². The summed E-state index contributed by atoms with van der Waals surface area (Å²) in [6.45, 7) is 2.07. The molecule has 1 unspecified atom stereocenters. The fourth-order valence-electron chi connectivity index (χ4n) is 2.28. The molecule has 0 saturated heterocycles. The smallest absolute Gasteiger partial charge is 0.149 e. The Labute approximate surface area is 134 Å². The van der Waals surface area contributed by atoms with Crippen molar-refractivity contribution in [2.75, 3.05) is 5.32 Å². The SMILES string of the molecule is Cc1cccc(C(Nc2cncc(Cl)n2)c2ccccn2)c1. The van der Waals surface area contributed by atoms with Gasteiger partial charge in [0.15, 0.2) is 0 Å². The topological polar surface area (TPSA) is 50.7 Å². The average Bonchev–Trinajstić information content (AvgIpc) is 2.53. The van der Waals surface area contributed by atoms with Gasteiger partial charge in [-0.05, 0) is 24.6 Å². The molecule has 0 aliphatic carbocycles. The zero-order valence-electron chi connectivity index (χ0n) is 12.1. The lowest BCUT2D eigenvalue weighted by atomic mass is 10.0. The maximum absolute atomic E-state index is 5.92. The van der Waals surface area contributed by atoms with Crippen LogP contribution in [0.4, 0.5) is 5.82 Å². The number of halogens is 1. The summed E-state index contributed by atoms with van der Waals surface area (Å²) in [5.41, 5.74) is 3.22. The van der Waals surface area contributed by atoms with Crippen LogP contribution in [-0.4, -0.2) is 15.0 Å². The summed E-state index contributed by atoms with van der Waals surface area (Å²) in [7, 11) is 0. The molecule has 0 amide bonds. The van der Waals surface area contributed by atoms with Crippen LogP contribution in [0.5, 0.6) is 0 Å². The number of aromatic nitrogens is 3. The van der Waals surface area contributed by atoms with Crippen molar-refractivity contribution in [3.63, 3.8) is 0 Å². The summed E-state index contributed by atoms with van der Waals surface area (Å²) >= 11 is 5.92. The van der Waals surface area contributed by atoms with Crippen molar-refractivity contribution in [3.05, 3.63) is 83.0 Å². The third kappa shape index (κ3) is 3.40. The first-order chi connectivity index (χ1) is 10.7. The number of anilines is 1. The highest BCUT2D eigenvalue weighted by molar-refractivity contribution is 6.29. The van der Waals surface area contributed by atoms with Crippen LogP contribution in [0.15, 0.2) is 61.1 Å². The maximum Gasteiger partial charge on any atom is 0.149 e. The van der Waals surface area contributed by atoms with Crippen LogP contribution < -0.4 is 5.32 Å². The second-order valence-corrected chi connectivity index (χ2v) is 5.36. The number of nitrogens with one attached hydrogen (secondary N) is 1. The molecule has 22 heavy (non-hydrogen) atoms. The lowest BCUT2D eigenvalue weighted by Gasteiger charge is -2.19. The van der Waals surface area contributed by atoms with Gasteiger partial charge in [0.05, 0.1) is 24.1 Å². The van der Waals surface area contributed by atoms with Gasteiger partial charge < -0.3 is 5.32 Å². The molecule has 1 aromatic carbocycles. The highest BCUT2D eigenvalue weighted by Crippen LogP contribution is 2.25. The van der Waals surface area contributed by atoms with E-state index >= 15 is 0 Å². The van der Waals surface area contributed by atoms with Crippen LogP contribution >= 0.6 is 11.6 Å². The quantitative estimate of drug-likeness (QED) is 0.790. The number of rotatable bonds is 4. The van der Waals surface area contributed by atoms with Crippen molar-refractivity contribution in [3.8, 4) is 0 Å². The molecular weight excluding hydrogens is 296 g/mol. The van der Waals surface area contributed by atoms with E-state index in [2.05, 4.69) is 45.4 Å². The van der Waals surface area contributed by atoms with E-state index in [4.69, 9.17) is 11.6 Å². The summed E-state index contributed by atoms with van der Waals surface area (Å²) in [6.07, 6.45) is 4.94. The van der Waals surface area contributed by atoms with Gasteiger partial charge in [-0.1, -0.05) is 47.5 Å². The molecule has 0 saturated carbocycles. The molecule has 1 N–H and O–H groups in total. The zero-order valence-corrected chi connectivity index (χ0v) is 12.8. The van der Waals surface area contributed by atoms with Crippen molar-refractivity contribution in [2.45, 2.75) is 13.0 Å². The normalized spacial score (nSPS) is 11.9. The average molecular weight is 311 g/mol. The van der Waals surface area contributed by atoms with E-state index in [1.165, 1.54) is 11.8 Å². The predicted molar refractivity (Wildman–Crippen MR) is 87.9 cm³/mol. The maximum atomic E-state index is 5.92. The Balaban J connectivity index is 2.00. The number of hydrogen-bond acceptors (Lipinski definition) is 4. The lowest BCUT2D eigenvalue weighted by Crippen LogP contribution is -2.15. The van der Waals surface area contributed by atoms with E-state index in [1.54, 1.807) is 12.4 Å². The molecule has 1 atom stereocenters. The van der Waals surface area contributed by atoms with Gasteiger partial charge in [0.1, 0.15) is 11.0 Å². The van der Waals surface area contributed by atoms with E-state index in [-0.39, 0.29) is 6.04 Å². The Morgan fingerprint density at radius 1 is 1.09 bits per heavy atom. The Morgan fingerprint density at radius 2 is 2.00 bits per heavy atom. The molecule has 0 spiro atoms. The molecular formula is C17H15ClN4. The van der Waals surface area contributed by atoms with Crippen molar-refractivity contribution < 1.29 is 0 Å². The standard InChI is InChI=1S/C17H15ClN4/c1-12-5-4-6-13(9-12)17(14-7-2-3-8-20-14)22-16-11-19-10-15(18)21-16/h2-11,17H,1H3,(H,21,22). The van der Waals surface area contributed by atoms with Crippen LogP contribution in [0.3, 0.4) is 0 Å². The second kappa shape index (κ2) is 6.54. The molecule has 110 valence electrons.